The summed E-state index contributed by atoms with van der Waals surface area (Å²) in [7, 11) is 0. The number of carbonyl (C=O) groups excluding carboxylic acids is 1. The van der Waals surface area contributed by atoms with Crippen molar-refractivity contribution in [1.29, 1.82) is 0 Å². The van der Waals surface area contributed by atoms with Crippen molar-refractivity contribution in [2.75, 3.05) is 19.8 Å². The summed E-state index contributed by atoms with van der Waals surface area (Å²) in [5, 5.41) is 1.08. The first kappa shape index (κ1) is 13.2. The number of ether oxygens (including phenoxy) is 1. The molecule has 20 heavy (non-hydrogen) atoms. The Labute approximate surface area is 118 Å². The van der Waals surface area contributed by atoms with Crippen molar-refractivity contribution in [2.45, 2.75) is 25.8 Å². The number of carbonyl (C=O) groups is 1. The van der Waals surface area contributed by atoms with Gasteiger partial charge in [0.25, 0.3) is 5.91 Å². The Morgan fingerprint density at radius 2 is 2.30 bits per heavy atom. The Balaban J connectivity index is 1.85. The van der Waals surface area contributed by atoms with Gasteiger partial charge >= 0.3 is 0 Å². The lowest BCUT2D eigenvalue weighted by molar-refractivity contribution is 0.0181. The molecule has 1 aliphatic heterocycles. The molecule has 106 valence electrons. The maximum Gasteiger partial charge on any atom is 0.270 e. The first-order chi connectivity index (χ1) is 9.79. The van der Waals surface area contributed by atoms with E-state index in [2.05, 4.69) is 4.98 Å². The number of aromatic amines is 1. The molecular formula is C16H20N2O2. The van der Waals surface area contributed by atoms with Crippen LogP contribution in [-0.4, -0.2) is 41.6 Å². The number of rotatable bonds is 3. The minimum absolute atomic E-state index is 0.0687. The Kier molecular flexibility index (Phi) is 3.74. The topological polar surface area (TPSA) is 45.3 Å². The van der Waals surface area contributed by atoms with Crippen LogP contribution in [0.5, 0.6) is 0 Å². The number of nitrogens with one attached hydrogen (secondary N) is 1. The molecule has 1 aromatic heterocycles. The highest BCUT2D eigenvalue weighted by Crippen LogP contribution is 2.19. The molecule has 1 amide bonds. The van der Waals surface area contributed by atoms with Gasteiger partial charge in [0.2, 0.25) is 0 Å². The molecule has 1 fully saturated rings. The summed E-state index contributed by atoms with van der Waals surface area (Å²) >= 11 is 0. The molecule has 0 saturated carbocycles. The molecule has 1 aliphatic rings. The third kappa shape index (κ3) is 2.43. The van der Waals surface area contributed by atoms with Crippen molar-refractivity contribution < 1.29 is 9.53 Å². The lowest BCUT2D eigenvalue weighted by Gasteiger charge is -2.33. The second-order valence-electron chi connectivity index (χ2n) is 5.23. The summed E-state index contributed by atoms with van der Waals surface area (Å²) < 4.78 is 5.51. The highest BCUT2D eigenvalue weighted by atomic mass is 16.5. The van der Waals surface area contributed by atoms with Crippen molar-refractivity contribution >= 4 is 16.8 Å². The molecule has 0 unspecified atom stereocenters. The quantitative estimate of drug-likeness (QED) is 0.933. The van der Waals surface area contributed by atoms with Gasteiger partial charge in [0, 0.05) is 24.1 Å². The zero-order chi connectivity index (χ0) is 13.9. The molecule has 1 N–H and O–H groups in total. The van der Waals surface area contributed by atoms with E-state index >= 15 is 0 Å². The average Bonchev–Trinajstić information content (AvgIpc) is 2.93. The molecule has 4 nitrogen and oxygen atoms in total. The van der Waals surface area contributed by atoms with Crippen molar-refractivity contribution in [3.05, 3.63) is 36.0 Å². The van der Waals surface area contributed by atoms with Crippen LogP contribution < -0.4 is 0 Å². The maximum absolute atomic E-state index is 12.7. The fourth-order valence-electron chi connectivity index (χ4n) is 2.88. The lowest BCUT2D eigenvalue weighted by atomic mass is 10.1. The second kappa shape index (κ2) is 5.67. The molecule has 0 spiro atoms. The molecule has 4 heteroatoms. The summed E-state index contributed by atoms with van der Waals surface area (Å²) in [5.41, 5.74) is 1.67. The zero-order valence-electron chi connectivity index (χ0n) is 11.8. The first-order valence-electron chi connectivity index (χ1n) is 7.26. The van der Waals surface area contributed by atoms with E-state index in [1.165, 1.54) is 0 Å². The molecule has 2 heterocycles. The van der Waals surface area contributed by atoms with Crippen LogP contribution in [0.25, 0.3) is 10.9 Å². The van der Waals surface area contributed by atoms with Gasteiger partial charge in [0.1, 0.15) is 5.69 Å². The van der Waals surface area contributed by atoms with Gasteiger partial charge in [-0.05, 0) is 31.9 Å². The molecule has 1 aromatic carbocycles. The average molecular weight is 272 g/mol. The number of aromatic nitrogens is 1. The van der Waals surface area contributed by atoms with Crippen LogP contribution in [0.2, 0.25) is 0 Å². The number of amides is 1. The van der Waals surface area contributed by atoms with Gasteiger partial charge < -0.3 is 14.6 Å². The summed E-state index contributed by atoms with van der Waals surface area (Å²) in [6.07, 6.45) is 2.06. The fourth-order valence-corrected chi connectivity index (χ4v) is 2.88. The van der Waals surface area contributed by atoms with E-state index in [0.717, 1.165) is 30.4 Å². The van der Waals surface area contributed by atoms with Crippen LogP contribution in [0.1, 0.15) is 30.3 Å². The molecule has 2 aromatic rings. The minimum atomic E-state index is 0.0687. The predicted octanol–water partition coefficient (Wildman–Crippen LogP) is 2.81. The molecule has 1 saturated heterocycles. The smallest absolute Gasteiger partial charge is 0.270 e. The van der Waals surface area contributed by atoms with E-state index < -0.39 is 0 Å². The van der Waals surface area contributed by atoms with E-state index in [4.69, 9.17) is 4.74 Å². The van der Waals surface area contributed by atoms with Crippen LogP contribution in [0.15, 0.2) is 30.3 Å². The summed E-state index contributed by atoms with van der Waals surface area (Å²) in [5.74, 6) is 0.0687. The van der Waals surface area contributed by atoms with Gasteiger partial charge in [-0.25, -0.2) is 0 Å². The number of hydrogen-bond donors (Lipinski definition) is 1. The Morgan fingerprint density at radius 3 is 3.00 bits per heavy atom. The normalized spacial score (nSPS) is 19.1. The number of nitrogens with zero attached hydrogens (tertiary/aromatic N) is 1. The lowest BCUT2D eigenvalue weighted by Crippen LogP contribution is -2.44. The zero-order valence-corrected chi connectivity index (χ0v) is 11.8. The highest BCUT2D eigenvalue weighted by Gasteiger charge is 2.26. The molecule has 0 bridgehead atoms. The maximum atomic E-state index is 12.7. The SMILES string of the molecule is CCN(C(=O)c1cc2ccccc2[nH]1)[C@H]1CCCOC1. The van der Waals surface area contributed by atoms with Crippen molar-refractivity contribution in [2.24, 2.45) is 0 Å². The standard InChI is InChI=1S/C16H20N2O2/c1-2-18(13-7-5-9-20-11-13)16(19)15-10-12-6-3-4-8-14(12)17-15/h3-4,6,8,10,13,17H,2,5,7,9,11H2,1H3/t13-/m0/s1. The number of benzene rings is 1. The van der Waals surface area contributed by atoms with Crippen molar-refractivity contribution in [1.82, 2.24) is 9.88 Å². The number of likely N-dealkylation sites (N-methyl/N-ethyl adjacent to an activating group) is 1. The number of para-hydroxylation sites is 1. The summed E-state index contributed by atoms with van der Waals surface area (Å²) in [4.78, 5) is 17.8. The first-order valence-corrected chi connectivity index (χ1v) is 7.26. The molecule has 0 radical (unpaired) electrons. The van der Waals surface area contributed by atoms with E-state index in [-0.39, 0.29) is 11.9 Å². The Bertz CT molecular complexity index is 566. The van der Waals surface area contributed by atoms with Crippen LogP contribution in [0.4, 0.5) is 0 Å². The third-order valence-corrected chi connectivity index (χ3v) is 3.94. The van der Waals surface area contributed by atoms with Crippen molar-refractivity contribution in [3.63, 3.8) is 0 Å². The predicted molar refractivity (Wildman–Crippen MR) is 78.9 cm³/mol. The van der Waals surface area contributed by atoms with Gasteiger partial charge in [-0.3, -0.25) is 4.79 Å². The van der Waals surface area contributed by atoms with Crippen LogP contribution in [0, 0.1) is 0 Å². The van der Waals surface area contributed by atoms with E-state index in [1.807, 2.05) is 42.2 Å². The number of H-pyrrole nitrogens is 1. The van der Waals surface area contributed by atoms with Gasteiger partial charge in [-0.15, -0.1) is 0 Å². The van der Waals surface area contributed by atoms with Crippen LogP contribution in [-0.2, 0) is 4.74 Å². The van der Waals surface area contributed by atoms with E-state index in [9.17, 15) is 4.79 Å². The largest absolute Gasteiger partial charge is 0.379 e. The molecule has 0 aliphatic carbocycles. The Morgan fingerprint density at radius 1 is 1.45 bits per heavy atom. The van der Waals surface area contributed by atoms with Crippen LogP contribution in [0.3, 0.4) is 0 Å². The van der Waals surface area contributed by atoms with Gasteiger partial charge in [-0.1, -0.05) is 18.2 Å². The number of hydrogen-bond acceptors (Lipinski definition) is 2. The molecule has 1 atom stereocenters. The summed E-state index contributed by atoms with van der Waals surface area (Å²) in [6.45, 7) is 4.20. The second-order valence-corrected chi connectivity index (χ2v) is 5.23. The van der Waals surface area contributed by atoms with Gasteiger partial charge in [-0.2, -0.15) is 0 Å². The third-order valence-electron chi connectivity index (χ3n) is 3.94. The molecular weight excluding hydrogens is 252 g/mol. The highest BCUT2D eigenvalue weighted by molar-refractivity contribution is 5.98. The fraction of sp³-hybridized carbons (Fsp3) is 0.438. The Hall–Kier alpha value is -1.81. The van der Waals surface area contributed by atoms with Crippen molar-refractivity contribution in [3.8, 4) is 0 Å². The van der Waals surface area contributed by atoms with E-state index in [1.54, 1.807) is 0 Å². The van der Waals surface area contributed by atoms with Gasteiger partial charge in [0.15, 0.2) is 0 Å². The van der Waals surface area contributed by atoms with E-state index in [0.29, 0.717) is 18.8 Å². The molecule has 3 rings (SSSR count). The minimum Gasteiger partial charge on any atom is -0.379 e. The number of fused-ring (bicyclic) bond motifs is 1. The van der Waals surface area contributed by atoms with Crippen LogP contribution >= 0.6 is 0 Å². The van der Waals surface area contributed by atoms with Gasteiger partial charge in [0.05, 0.1) is 12.6 Å². The summed E-state index contributed by atoms with van der Waals surface area (Å²) in [6, 6.07) is 10.1. The monoisotopic (exact) mass is 272 g/mol.